The van der Waals surface area contributed by atoms with Gasteiger partial charge >= 0.3 is 5.97 Å². The normalized spacial score (nSPS) is 19.3. The molecule has 1 saturated heterocycles. The fourth-order valence-electron chi connectivity index (χ4n) is 2.38. The Balaban J connectivity index is 1.94. The van der Waals surface area contributed by atoms with Crippen molar-refractivity contribution in [2.24, 2.45) is 0 Å². The summed E-state index contributed by atoms with van der Waals surface area (Å²) < 4.78 is 10.4. The number of ether oxygens (including phenoxy) is 1. The highest BCUT2D eigenvalue weighted by molar-refractivity contribution is 5.86. The van der Waals surface area contributed by atoms with E-state index in [2.05, 4.69) is 24.1 Å². The van der Waals surface area contributed by atoms with E-state index in [1.165, 1.54) is 0 Å². The molecular formula is C14H22N2O3. The summed E-state index contributed by atoms with van der Waals surface area (Å²) in [5.41, 5.74) is 0.120. The molecule has 2 rings (SSSR count). The molecule has 5 nitrogen and oxygen atoms in total. The minimum absolute atomic E-state index is 0.120. The van der Waals surface area contributed by atoms with Crippen molar-refractivity contribution in [3.63, 3.8) is 0 Å². The third kappa shape index (κ3) is 3.81. The molecule has 0 spiro atoms. The van der Waals surface area contributed by atoms with Crippen molar-refractivity contribution in [1.82, 2.24) is 10.2 Å². The van der Waals surface area contributed by atoms with Gasteiger partial charge in [0.2, 0.25) is 5.76 Å². The lowest BCUT2D eigenvalue weighted by Crippen LogP contribution is -2.56. The molecule has 0 aromatic carbocycles. The van der Waals surface area contributed by atoms with Gasteiger partial charge in [-0.05, 0) is 32.9 Å². The molecular weight excluding hydrogens is 244 g/mol. The zero-order valence-electron chi connectivity index (χ0n) is 11.9. The van der Waals surface area contributed by atoms with Crippen LogP contribution in [0.3, 0.4) is 0 Å². The quantitative estimate of drug-likeness (QED) is 0.840. The van der Waals surface area contributed by atoms with E-state index in [1.807, 2.05) is 6.07 Å². The van der Waals surface area contributed by atoms with Crippen LogP contribution in [-0.2, 0) is 11.3 Å². The minimum atomic E-state index is -0.394. The highest BCUT2D eigenvalue weighted by atomic mass is 16.5. The molecule has 1 aromatic rings. The first-order valence-corrected chi connectivity index (χ1v) is 6.73. The van der Waals surface area contributed by atoms with Gasteiger partial charge in [-0.25, -0.2) is 4.79 Å². The number of hydrogen-bond donors (Lipinski definition) is 1. The molecule has 2 heterocycles. The Kier molecular flexibility index (Phi) is 4.27. The summed E-state index contributed by atoms with van der Waals surface area (Å²) in [5, 5.41) is 3.47. The van der Waals surface area contributed by atoms with Crippen LogP contribution < -0.4 is 5.32 Å². The maximum atomic E-state index is 11.5. The molecule has 0 saturated carbocycles. The molecule has 1 aliphatic heterocycles. The molecule has 0 aliphatic carbocycles. The molecule has 1 aliphatic rings. The van der Waals surface area contributed by atoms with E-state index in [1.54, 1.807) is 13.0 Å². The van der Waals surface area contributed by atoms with E-state index < -0.39 is 5.97 Å². The van der Waals surface area contributed by atoms with E-state index in [-0.39, 0.29) is 11.3 Å². The molecule has 0 atom stereocenters. The van der Waals surface area contributed by atoms with E-state index in [0.29, 0.717) is 6.61 Å². The highest BCUT2D eigenvalue weighted by Gasteiger charge is 2.26. The molecule has 19 heavy (non-hydrogen) atoms. The number of carbonyl (C=O) groups excluding carboxylic acids is 1. The molecule has 0 radical (unpaired) electrons. The van der Waals surface area contributed by atoms with Crippen LogP contribution in [0.1, 0.15) is 37.1 Å². The molecule has 1 fully saturated rings. The average molecular weight is 266 g/mol. The number of esters is 1. The average Bonchev–Trinajstić information content (AvgIpc) is 2.76. The highest BCUT2D eigenvalue weighted by Crippen LogP contribution is 2.16. The second kappa shape index (κ2) is 5.75. The monoisotopic (exact) mass is 266 g/mol. The van der Waals surface area contributed by atoms with Crippen molar-refractivity contribution in [1.29, 1.82) is 0 Å². The number of furan rings is 1. The summed E-state index contributed by atoms with van der Waals surface area (Å²) >= 11 is 0. The standard InChI is InChI=1S/C14H22N2O3/c1-4-18-13(17)12-6-5-11(19-12)9-16-8-7-15-14(2,3)10-16/h5-6,15H,4,7-10H2,1-3H3. The summed E-state index contributed by atoms with van der Waals surface area (Å²) in [6.45, 7) is 10.2. The summed E-state index contributed by atoms with van der Waals surface area (Å²) in [6.07, 6.45) is 0. The van der Waals surface area contributed by atoms with Gasteiger partial charge < -0.3 is 14.5 Å². The number of piperazine rings is 1. The maximum Gasteiger partial charge on any atom is 0.374 e. The van der Waals surface area contributed by atoms with Gasteiger partial charge in [0, 0.05) is 25.2 Å². The van der Waals surface area contributed by atoms with Crippen LogP contribution in [0, 0.1) is 0 Å². The van der Waals surface area contributed by atoms with Crippen molar-refractivity contribution in [2.45, 2.75) is 32.9 Å². The summed E-state index contributed by atoms with van der Waals surface area (Å²) in [5.74, 6) is 0.696. The lowest BCUT2D eigenvalue weighted by atomic mass is 10.0. The Bertz CT molecular complexity index is 440. The van der Waals surface area contributed by atoms with Gasteiger partial charge in [-0.15, -0.1) is 0 Å². The maximum absolute atomic E-state index is 11.5. The molecule has 106 valence electrons. The zero-order valence-corrected chi connectivity index (χ0v) is 11.9. The third-order valence-corrected chi connectivity index (χ3v) is 3.17. The molecule has 0 bridgehead atoms. The van der Waals surface area contributed by atoms with E-state index >= 15 is 0 Å². The Morgan fingerprint density at radius 1 is 1.53 bits per heavy atom. The molecule has 1 aromatic heterocycles. The van der Waals surface area contributed by atoms with Crippen LogP contribution in [0.4, 0.5) is 0 Å². The smallest absolute Gasteiger partial charge is 0.374 e. The predicted octanol–water partition coefficient (Wildman–Crippen LogP) is 1.64. The van der Waals surface area contributed by atoms with Gasteiger partial charge in [0.1, 0.15) is 5.76 Å². The molecule has 0 amide bonds. The Hall–Kier alpha value is -1.33. The Morgan fingerprint density at radius 2 is 2.32 bits per heavy atom. The van der Waals surface area contributed by atoms with E-state index in [9.17, 15) is 4.79 Å². The molecule has 1 N–H and O–H groups in total. The molecule has 5 heteroatoms. The van der Waals surface area contributed by atoms with Gasteiger partial charge in [0.15, 0.2) is 0 Å². The van der Waals surface area contributed by atoms with Crippen molar-refractivity contribution < 1.29 is 13.9 Å². The van der Waals surface area contributed by atoms with Gasteiger partial charge in [0.25, 0.3) is 0 Å². The first-order valence-electron chi connectivity index (χ1n) is 6.73. The first kappa shape index (κ1) is 14.1. The van der Waals surface area contributed by atoms with Crippen LogP contribution in [0.25, 0.3) is 0 Å². The number of nitrogens with zero attached hydrogens (tertiary/aromatic N) is 1. The van der Waals surface area contributed by atoms with Gasteiger partial charge in [-0.2, -0.15) is 0 Å². The second-order valence-corrected chi connectivity index (χ2v) is 5.51. The van der Waals surface area contributed by atoms with Crippen LogP contribution in [0.2, 0.25) is 0 Å². The van der Waals surface area contributed by atoms with Crippen LogP contribution in [-0.4, -0.2) is 42.6 Å². The topological polar surface area (TPSA) is 54.7 Å². The van der Waals surface area contributed by atoms with Gasteiger partial charge in [-0.1, -0.05) is 0 Å². The van der Waals surface area contributed by atoms with Gasteiger partial charge in [-0.3, -0.25) is 4.90 Å². The summed E-state index contributed by atoms with van der Waals surface area (Å²) in [7, 11) is 0. The van der Waals surface area contributed by atoms with Crippen LogP contribution in [0.5, 0.6) is 0 Å². The van der Waals surface area contributed by atoms with Crippen molar-refractivity contribution in [3.05, 3.63) is 23.7 Å². The number of hydrogen-bond acceptors (Lipinski definition) is 5. The minimum Gasteiger partial charge on any atom is -0.460 e. The summed E-state index contributed by atoms with van der Waals surface area (Å²) in [6, 6.07) is 3.53. The SMILES string of the molecule is CCOC(=O)c1ccc(CN2CCNC(C)(C)C2)o1. The second-order valence-electron chi connectivity index (χ2n) is 5.51. The van der Waals surface area contributed by atoms with E-state index in [4.69, 9.17) is 9.15 Å². The van der Waals surface area contributed by atoms with E-state index in [0.717, 1.165) is 31.9 Å². The Labute approximate surface area is 113 Å². The van der Waals surface area contributed by atoms with Crippen molar-refractivity contribution in [3.8, 4) is 0 Å². The third-order valence-electron chi connectivity index (χ3n) is 3.17. The molecule has 0 unspecified atom stereocenters. The lowest BCUT2D eigenvalue weighted by molar-refractivity contribution is 0.0484. The fraction of sp³-hybridized carbons (Fsp3) is 0.643. The van der Waals surface area contributed by atoms with Crippen LogP contribution >= 0.6 is 0 Å². The number of rotatable bonds is 4. The first-order chi connectivity index (χ1) is 9.00. The van der Waals surface area contributed by atoms with Crippen molar-refractivity contribution >= 4 is 5.97 Å². The van der Waals surface area contributed by atoms with Crippen molar-refractivity contribution in [2.75, 3.05) is 26.2 Å². The van der Waals surface area contributed by atoms with Crippen LogP contribution in [0.15, 0.2) is 16.5 Å². The lowest BCUT2D eigenvalue weighted by Gasteiger charge is -2.38. The number of carbonyl (C=O) groups is 1. The summed E-state index contributed by atoms with van der Waals surface area (Å²) in [4.78, 5) is 13.8. The zero-order chi connectivity index (χ0) is 13.9. The fourth-order valence-corrected chi connectivity index (χ4v) is 2.38. The number of nitrogens with one attached hydrogen (secondary N) is 1. The largest absolute Gasteiger partial charge is 0.460 e. The Morgan fingerprint density at radius 3 is 3.00 bits per heavy atom. The van der Waals surface area contributed by atoms with Gasteiger partial charge in [0.05, 0.1) is 13.2 Å². The predicted molar refractivity (Wildman–Crippen MR) is 72.0 cm³/mol.